The van der Waals surface area contributed by atoms with Gasteiger partial charge in [-0.15, -0.1) is 0 Å². The van der Waals surface area contributed by atoms with Crippen molar-refractivity contribution >= 4 is 62.6 Å². The zero-order valence-electron chi connectivity index (χ0n) is 12.8. The Bertz CT molecular complexity index is 923. The average molecular weight is 451 g/mol. The number of thiocarbonyl (C=S) groups is 1. The molecule has 5 nitrogen and oxygen atoms in total. The minimum Gasteiger partial charge on any atom is -0.436 e. The lowest BCUT2D eigenvalue weighted by Gasteiger charge is -2.08. The fourth-order valence-corrected chi connectivity index (χ4v) is 2.90. The molecule has 1 heterocycles. The standard InChI is InChI=1S/C17H14IN3O2S/c1-2-15(22)21-17(24)19-12-6-7-14-13(9-12)20-16(23-14)10-4-3-5-11(18)8-10/h3-9H,2H2,1H3,(H2,19,21,22,24). The van der Waals surface area contributed by atoms with Gasteiger partial charge in [0.15, 0.2) is 10.7 Å². The fourth-order valence-electron chi connectivity index (χ4n) is 2.13. The monoisotopic (exact) mass is 451 g/mol. The van der Waals surface area contributed by atoms with Gasteiger partial charge < -0.3 is 15.1 Å². The second-order valence-corrected chi connectivity index (χ2v) is 6.72. The number of benzene rings is 2. The van der Waals surface area contributed by atoms with Crippen molar-refractivity contribution in [3.05, 3.63) is 46.0 Å². The number of hydrogen-bond donors (Lipinski definition) is 2. The van der Waals surface area contributed by atoms with E-state index in [1.165, 1.54) is 0 Å². The van der Waals surface area contributed by atoms with E-state index in [0.717, 1.165) is 20.3 Å². The molecule has 0 aliphatic heterocycles. The van der Waals surface area contributed by atoms with Crippen molar-refractivity contribution in [3.8, 4) is 11.5 Å². The lowest BCUT2D eigenvalue weighted by molar-refractivity contribution is -0.119. The van der Waals surface area contributed by atoms with Gasteiger partial charge in [-0.1, -0.05) is 13.0 Å². The maximum absolute atomic E-state index is 11.3. The summed E-state index contributed by atoms with van der Waals surface area (Å²) in [6.45, 7) is 1.77. The van der Waals surface area contributed by atoms with Gasteiger partial charge in [0, 0.05) is 21.2 Å². The van der Waals surface area contributed by atoms with E-state index < -0.39 is 0 Å². The smallest absolute Gasteiger partial charge is 0.227 e. The number of amides is 1. The number of fused-ring (bicyclic) bond motifs is 1. The first-order valence-corrected chi connectivity index (χ1v) is 8.81. The number of anilines is 1. The third kappa shape index (κ3) is 3.90. The molecule has 3 rings (SSSR count). The number of hydrogen-bond acceptors (Lipinski definition) is 4. The summed E-state index contributed by atoms with van der Waals surface area (Å²) in [5.41, 5.74) is 3.08. The van der Waals surface area contributed by atoms with E-state index in [2.05, 4.69) is 38.2 Å². The van der Waals surface area contributed by atoms with Gasteiger partial charge in [0.05, 0.1) is 0 Å². The Morgan fingerprint density at radius 3 is 2.88 bits per heavy atom. The highest BCUT2D eigenvalue weighted by atomic mass is 127. The largest absolute Gasteiger partial charge is 0.436 e. The molecule has 0 radical (unpaired) electrons. The molecule has 0 aliphatic rings. The molecule has 0 saturated carbocycles. The van der Waals surface area contributed by atoms with Crippen molar-refractivity contribution in [2.24, 2.45) is 0 Å². The molecule has 1 aromatic heterocycles. The SMILES string of the molecule is CCC(=O)NC(=S)Nc1ccc2oc(-c3cccc(I)c3)nc2c1. The van der Waals surface area contributed by atoms with Crippen molar-refractivity contribution in [2.75, 3.05) is 5.32 Å². The Morgan fingerprint density at radius 1 is 1.29 bits per heavy atom. The molecule has 0 saturated heterocycles. The topological polar surface area (TPSA) is 67.2 Å². The highest BCUT2D eigenvalue weighted by Crippen LogP contribution is 2.27. The van der Waals surface area contributed by atoms with Crippen LogP contribution in [0.15, 0.2) is 46.9 Å². The van der Waals surface area contributed by atoms with Crippen LogP contribution in [0.4, 0.5) is 5.69 Å². The molecule has 7 heteroatoms. The zero-order valence-corrected chi connectivity index (χ0v) is 15.8. The van der Waals surface area contributed by atoms with Gasteiger partial charge in [-0.3, -0.25) is 4.79 Å². The fraction of sp³-hybridized carbons (Fsp3) is 0.118. The van der Waals surface area contributed by atoms with E-state index in [1.54, 1.807) is 6.92 Å². The number of carbonyl (C=O) groups is 1. The predicted octanol–water partition coefficient (Wildman–Crippen LogP) is 4.32. The lowest BCUT2D eigenvalue weighted by Crippen LogP contribution is -2.33. The first-order valence-electron chi connectivity index (χ1n) is 7.32. The predicted molar refractivity (Wildman–Crippen MR) is 107 cm³/mol. The van der Waals surface area contributed by atoms with E-state index in [4.69, 9.17) is 16.6 Å². The summed E-state index contributed by atoms with van der Waals surface area (Å²) in [6.07, 6.45) is 0.378. The molecule has 0 aliphatic carbocycles. The van der Waals surface area contributed by atoms with Gasteiger partial charge in [-0.2, -0.15) is 0 Å². The molecular formula is C17H14IN3O2S. The molecule has 1 amide bonds. The van der Waals surface area contributed by atoms with Gasteiger partial charge in [0.25, 0.3) is 0 Å². The number of carbonyl (C=O) groups excluding carboxylic acids is 1. The van der Waals surface area contributed by atoms with Gasteiger partial charge >= 0.3 is 0 Å². The molecule has 0 atom stereocenters. The highest BCUT2D eigenvalue weighted by Gasteiger charge is 2.10. The van der Waals surface area contributed by atoms with Crippen LogP contribution in [-0.4, -0.2) is 16.0 Å². The summed E-state index contributed by atoms with van der Waals surface area (Å²) >= 11 is 7.36. The average Bonchev–Trinajstić information content (AvgIpc) is 2.98. The van der Waals surface area contributed by atoms with E-state index >= 15 is 0 Å². The number of halogens is 1. The van der Waals surface area contributed by atoms with Crippen LogP contribution < -0.4 is 10.6 Å². The minimum absolute atomic E-state index is 0.129. The van der Waals surface area contributed by atoms with Crippen LogP contribution in [0.5, 0.6) is 0 Å². The molecule has 24 heavy (non-hydrogen) atoms. The number of aromatic nitrogens is 1. The molecular weight excluding hydrogens is 437 g/mol. The van der Waals surface area contributed by atoms with Crippen molar-refractivity contribution < 1.29 is 9.21 Å². The zero-order chi connectivity index (χ0) is 17.1. The maximum Gasteiger partial charge on any atom is 0.227 e. The lowest BCUT2D eigenvalue weighted by atomic mass is 10.2. The number of nitrogens with one attached hydrogen (secondary N) is 2. The third-order valence-electron chi connectivity index (χ3n) is 3.29. The van der Waals surface area contributed by atoms with Gasteiger partial charge in [-0.25, -0.2) is 4.98 Å². The van der Waals surface area contributed by atoms with Crippen molar-refractivity contribution in [3.63, 3.8) is 0 Å². The molecule has 2 N–H and O–H groups in total. The number of oxazole rings is 1. The quantitative estimate of drug-likeness (QED) is 0.459. The van der Waals surface area contributed by atoms with Gasteiger partial charge in [0.2, 0.25) is 11.8 Å². The van der Waals surface area contributed by atoms with E-state index in [0.29, 0.717) is 17.9 Å². The normalized spacial score (nSPS) is 10.6. The second-order valence-electron chi connectivity index (χ2n) is 5.07. The van der Waals surface area contributed by atoms with Gasteiger partial charge in [-0.05, 0) is 71.2 Å². The van der Waals surface area contributed by atoms with E-state index in [1.807, 2.05) is 42.5 Å². The summed E-state index contributed by atoms with van der Waals surface area (Å²) in [5, 5.41) is 5.84. The first-order chi connectivity index (χ1) is 11.5. The van der Waals surface area contributed by atoms with Crippen LogP contribution in [-0.2, 0) is 4.79 Å². The van der Waals surface area contributed by atoms with Crippen LogP contribution in [0, 0.1) is 3.57 Å². The summed E-state index contributed by atoms with van der Waals surface area (Å²) in [7, 11) is 0. The highest BCUT2D eigenvalue weighted by molar-refractivity contribution is 14.1. The Labute approximate surface area is 158 Å². The molecule has 0 bridgehead atoms. The maximum atomic E-state index is 11.3. The van der Waals surface area contributed by atoms with Crippen LogP contribution in [0.1, 0.15) is 13.3 Å². The Balaban J connectivity index is 1.84. The first kappa shape index (κ1) is 16.8. The van der Waals surface area contributed by atoms with E-state index in [9.17, 15) is 4.79 Å². The Hall–Kier alpha value is -2.00. The van der Waals surface area contributed by atoms with Crippen molar-refractivity contribution in [1.82, 2.24) is 10.3 Å². The van der Waals surface area contributed by atoms with Crippen LogP contribution in [0.2, 0.25) is 0 Å². The molecule has 3 aromatic rings. The van der Waals surface area contributed by atoms with Crippen molar-refractivity contribution in [2.45, 2.75) is 13.3 Å². The molecule has 0 fully saturated rings. The second kappa shape index (κ2) is 7.27. The van der Waals surface area contributed by atoms with Crippen LogP contribution >= 0.6 is 34.8 Å². The molecule has 122 valence electrons. The van der Waals surface area contributed by atoms with E-state index in [-0.39, 0.29) is 11.0 Å². The van der Waals surface area contributed by atoms with Gasteiger partial charge in [0.1, 0.15) is 5.52 Å². The molecule has 0 unspecified atom stereocenters. The summed E-state index contributed by atoms with van der Waals surface area (Å²) in [4.78, 5) is 15.9. The Kier molecular flexibility index (Phi) is 5.10. The number of rotatable bonds is 3. The van der Waals surface area contributed by atoms with Crippen LogP contribution in [0.3, 0.4) is 0 Å². The third-order valence-corrected chi connectivity index (χ3v) is 4.17. The summed E-state index contributed by atoms with van der Waals surface area (Å²) in [6, 6.07) is 13.4. The minimum atomic E-state index is -0.129. The van der Waals surface area contributed by atoms with Crippen molar-refractivity contribution in [1.29, 1.82) is 0 Å². The van der Waals surface area contributed by atoms with Crippen LogP contribution in [0.25, 0.3) is 22.6 Å². The number of nitrogens with zero attached hydrogens (tertiary/aromatic N) is 1. The molecule has 2 aromatic carbocycles. The molecule has 0 spiro atoms. The summed E-state index contributed by atoms with van der Waals surface area (Å²) < 4.78 is 6.92. The Morgan fingerprint density at radius 2 is 2.12 bits per heavy atom. The summed E-state index contributed by atoms with van der Waals surface area (Å²) in [5.74, 6) is 0.443.